The number of hydrogen-bond donors (Lipinski definition) is 1. The van der Waals surface area contributed by atoms with E-state index in [4.69, 9.17) is 0 Å². The Morgan fingerprint density at radius 3 is 2.56 bits per heavy atom. The lowest BCUT2D eigenvalue weighted by Gasteiger charge is -2.26. The first-order valence-electron chi connectivity index (χ1n) is 5.83. The molecule has 1 N–H and O–H groups in total. The zero-order chi connectivity index (χ0) is 11.7. The molecule has 0 aliphatic carbocycles. The van der Waals surface area contributed by atoms with Gasteiger partial charge in [-0.05, 0) is 37.5 Å². The number of aromatic amines is 1. The molecule has 0 aliphatic rings. The summed E-state index contributed by atoms with van der Waals surface area (Å²) in [5.74, 6) is 1.07. The summed E-state index contributed by atoms with van der Waals surface area (Å²) < 4.78 is 0. The third-order valence-electron chi connectivity index (χ3n) is 3.65. The molecule has 2 unspecified atom stereocenters. The molecule has 82 valence electrons. The van der Waals surface area contributed by atoms with Gasteiger partial charge in [-0.25, -0.2) is 0 Å². The maximum absolute atomic E-state index is 3.34. The van der Waals surface area contributed by atoms with E-state index >= 15 is 0 Å². The van der Waals surface area contributed by atoms with Crippen LogP contribution in [0.15, 0.2) is 30.5 Å². The molecular formula is C12H18B2N2. The Hall–Kier alpha value is -1.15. The molecule has 16 heavy (non-hydrogen) atoms. The Morgan fingerprint density at radius 1 is 1.19 bits per heavy atom. The van der Waals surface area contributed by atoms with Crippen molar-refractivity contribution in [3.05, 3.63) is 36.0 Å². The number of likely N-dealkylation sites (N-methyl/N-ethyl adjacent to an activating group) is 1. The molecule has 0 saturated carbocycles. The second-order valence-electron chi connectivity index (χ2n) is 4.78. The Balaban J connectivity index is 2.40. The monoisotopic (exact) mass is 212 g/mol. The number of hydrogen-bond acceptors (Lipinski definition) is 1. The lowest BCUT2D eigenvalue weighted by molar-refractivity contribution is 0.368. The lowest BCUT2D eigenvalue weighted by atomic mass is 9.67. The van der Waals surface area contributed by atoms with E-state index in [1.54, 1.807) is 0 Å². The highest BCUT2D eigenvalue weighted by Crippen LogP contribution is 2.26. The molecule has 1 heterocycles. The van der Waals surface area contributed by atoms with Crippen LogP contribution in [0.4, 0.5) is 0 Å². The van der Waals surface area contributed by atoms with E-state index in [0.29, 0.717) is 11.8 Å². The van der Waals surface area contributed by atoms with Crippen molar-refractivity contribution >= 4 is 26.6 Å². The molecule has 0 bridgehead atoms. The largest absolute Gasteiger partial charge is 0.361 e. The normalized spacial score (nSPS) is 15.4. The summed E-state index contributed by atoms with van der Waals surface area (Å²) in [5.41, 5.74) is 2.65. The molecule has 0 amide bonds. The molecule has 1 aromatic carbocycles. The van der Waals surface area contributed by atoms with Crippen LogP contribution >= 0.6 is 0 Å². The van der Waals surface area contributed by atoms with Crippen LogP contribution in [0, 0.1) is 0 Å². The summed E-state index contributed by atoms with van der Waals surface area (Å²) in [6.07, 6.45) is 2.15. The van der Waals surface area contributed by atoms with Gasteiger partial charge in [0.25, 0.3) is 0 Å². The van der Waals surface area contributed by atoms with E-state index < -0.39 is 0 Å². The first kappa shape index (κ1) is 11.3. The zero-order valence-corrected chi connectivity index (χ0v) is 10.5. The standard InChI is InChI=1S/C12H18B2N2/c1-16(2)12(14)11(13)9-7-15-10-6-4-3-5-8(9)10/h3-7,11-12,15H,13-14H2,1-2H3. The molecule has 0 radical (unpaired) electrons. The molecule has 0 fully saturated rings. The van der Waals surface area contributed by atoms with Crippen LogP contribution in [0.5, 0.6) is 0 Å². The second-order valence-corrected chi connectivity index (χ2v) is 4.78. The van der Waals surface area contributed by atoms with Gasteiger partial charge in [-0.2, -0.15) is 0 Å². The van der Waals surface area contributed by atoms with Crippen molar-refractivity contribution in [2.24, 2.45) is 0 Å². The molecule has 1 aromatic heterocycles. The third-order valence-corrected chi connectivity index (χ3v) is 3.65. The van der Waals surface area contributed by atoms with E-state index in [9.17, 15) is 0 Å². The van der Waals surface area contributed by atoms with Crippen molar-refractivity contribution in [3.63, 3.8) is 0 Å². The van der Waals surface area contributed by atoms with Crippen molar-refractivity contribution in [3.8, 4) is 0 Å². The average molecular weight is 212 g/mol. The minimum Gasteiger partial charge on any atom is -0.361 e. The first-order chi connectivity index (χ1) is 7.61. The van der Waals surface area contributed by atoms with E-state index in [-0.39, 0.29) is 0 Å². The number of para-hydroxylation sites is 1. The van der Waals surface area contributed by atoms with Crippen LogP contribution in [-0.2, 0) is 0 Å². The molecule has 2 atom stereocenters. The number of rotatable bonds is 3. The van der Waals surface area contributed by atoms with Crippen LogP contribution in [0.3, 0.4) is 0 Å². The minimum absolute atomic E-state index is 0.533. The van der Waals surface area contributed by atoms with Crippen molar-refractivity contribution in [1.82, 2.24) is 9.88 Å². The van der Waals surface area contributed by atoms with Crippen LogP contribution in [0.25, 0.3) is 10.9 Å². The second kappa shape index (κ2) is 4.38. The Morgan fingerprint density at radius 2 is 1.88 bits per heavy atom. The minimum atomic E-state index is 0.533. The smallest absolute Gasteiger partial charge is 0.123 e. The molecule has 2 nitrogen and oxygen atoms in total. The fourth-order valence-corrected chi connectivity index (χ4v) is 2.18. The summed E-state index contributed by atoms with van der Waals surface area (Å²) in [6.45, 7) is 0. The van der Waals surface area contributed by atoms with E-state index in [2.05, 4.69) is 70.1 Å². The molecule has 2 rings (SSSR count). The highest BCUT2D eigenvalue weighted by atomic mass is 15.1. The van der Waals surface area contributed by atoms with Crippen molar-refractivity contribution < 1.29 is 0 Å². The first-order valence-corrected chi connectivity index (χ1v) is 5.83. The van der Waals surface area contributed by atoms with Gasteiger partial charge in [0.15, 0.2) is 0 Å². The van der Waals surface area contributed by atoms with Gasteiger partial charge < -0.3 is 9.88 Å². The summed E-state index contributed by atoms with van der Waals surface area (Å²) in [4.78, 5) is 5.61. The molecule has 4 heteroatoms. The number of nitrogens with one attached hydrogen (secondary N) is 1. The van der Waals surface area contributed by atoms with Gasteiger partial charge in [0, 0.05) is 17.1 Å². The zero-order valence-electron chi connectivity index (χ0n) is 10.5. The highest BCUT2D eigenvalue weighted by molar-refractivity contribution is 6.22. The van der Waals surface area contributed by atoms with Crippen LogP contribution in [0.2, 0.25) is 0 Å². The van der Waals surface area contributed by atoms with Gasteiger partial charge in [-0.3, -0.25) is 0 Å². The molecule has 0 spiro atoms. The van der Waals surface area contributed by atoms with Crippen LogP contribution in [0.1, 0.15) is 11.4 Å². The Kier molecular flexibility index (Phi) is 3.10. The van der Waals surface area contributed by atoms with E-state index in [0.717, 1.165) is 0 Å². The molecule has 0 saturated heterocycles. The number of fused-ring (bicyclic) bond motifs is 1. The Labute approximate surface area is 98.8 Å². The van der Waals surface area contributed by atoms with Crippen molar-refractivity contribution in [2.45, 2.75) is 11.8 Å². The summed E-state index contributed by atoms with van der Waals surface area (Å²) >= 11 is 0. The number of aromatic nitrogens is 1. The van der Waals surface area contributed by atoms with Gasteiger partial charge in [-0.15, -0.1) is 0 Å². The molecule has 2 aromatic rings. The van der Waals surface area contributed by atoms with Gasteiger partial charge in [-0.1, -0.05) is 18.2 Å². The number of H-pyrrole nitrogens is 1. The predicted octanol–water partition coefficient (Wildman–Crippen LogP) is 0.363. The van der Waals surface area contributed by atoms with E-state index in [1.807, 2.05) is 0 Å². The van der Waals surface area contributed by atoms with Gasteiger partial charge in [0.05, 0.1) is 0 Å². The van der Waals surface area contributed by atoms with Gasteiger partial charge >= 0.3 is 0 Å². The van der Waals surface area contributed by atoms with Crippen LogP contribution < -0.4 is 0 Å². The summed E-state index contributed by atoms with van der Waals surface area (Å²) in [6, 6.07) is 8.50. The lowest BCUT2D eigenvalue weighted by Crippen LogP contribution is -2.34. The van der Waals surface area contributed by atoms with Crippen molar-refractivity contribution in [2.75, 3.05) is 14.1 Å². The topological polar surface area (TPSA) is 19.0 Å². The molecular weight excluding hydrogens is 194 g/mol. The van der Waals surface area contributed by atoms with Crippen molar-refractivity contribution in [1.29, 1.82) is 0 Å². The van der Waals surface area contributed by atoms with E-state index in [1.165, 1.54) is 16.5 Å². The summed E-state index contributed by atoms with van der Waals surface area (Å²) in [7, 11) is 8.83. The quantitative estimate of drug-likeness (QED) is 0.727. The fraction of sp³-hybridized carbons (Fsp3) is 0.333. The maximum Gasteiger partial charge on any atom is 0.123 e. The fourth-order valence-electron chi connectivity index (χ4n) is 2.18. The molecule has 0 aliphatic heterocycles. The van der Waals surface area contributed by atoms with Gasteiger partial charge in [0.1, 0.15) is 15.7 Å². The highest BCUT2D eigenvalue weighted by Gasteiger charge is 2.18. The SMILES string of the molecule is BC(c1c[nH]c2ccccc12)C(B)N(C)C. The third kappa shape index (κ3) is 1.90. The maximum atomic E-state index is 3.34. The average Bonchev–Trinajstić information content (AvgIpc) is 2.70. The Bertz CT molecular complexity index is 479. The van der Waals surface area contributed by atoms with Gasteiger partial charge in [0.2, 0.25) is 0 Å². The summed E-state index contributed by atoms with van der Waals surface area (Å²) in [5, 5.41) is 1.35. The predicted molar refractivity (Wildman–Crippen MR) is 75.6 cm³/mol. The number of benzene rings is 1. The number of nitrogens with zero attached hydrogens (tertiary/aromatic N) is 1. The van der Waals surface area contributed by atoms with Crippen LogP contribution in [-0.4, -0.2) is 45.6 Å².